The number of aliphatic hydroxyl groups excluding tert-OH is 1. The van der Waals surface area contributed by atoms with Crippen molar-refractivity contribution in [2.75, 3.05) is 0 Å². The van der Waals surface area contributed by atoms with E-state index in [1.54, 1.807) is 0 Å². The van der Waals surface area contributed by atoms with Crippen molar-refractivity contribution in [3.8, 4) is 6.07 Å². The molecule has 0 heterocycles. The van der Waals surface area contributed by atoms with E-state index in [0.29, 0.717) is 0 Å². The molecule has 0 aliphatic rings. The van der Waals surface area contributed by atoms with Gasteiger partial charge in [-0.05, 0) is 16.5 Å². The lowest BCUT2D eigenvalue weighted by atomic mass is 9.86. The topological polar surface area (TPSA) is 44.0 Å². The molecule has 2 heteroatoms. The van der Waals surface area contributed by atoms with E-state index in [1.807, 2.05) is 30.3 Å². The Balaban J connectivity index is 2.87. The minimum Gasteiger partial charge on any atom is -0.387 e. The second kappa shape index (κ2) is 4.46. The highest BCUT2D eigenvalue weighted by atomic mass is 16.3. The van der Waals surface area contributed by atoms with Gasteiger partial charge in [0.1, 0.15) is 0 Å². The Bertz CT molecular complexity index is 354. The minimum absolute atomic E-state index is 0.124. The van der Waals surface area contributed by atoms with E-state index in [0.717, 1.165) is 5.56 Å². The first kappa shape index (κ1) is 11.7. The van der Waals surface area contributed by atoms with E-state index in [4.69, 9.17) is 5.26 Å². The summed E-state index contributed by atoms with van der Waals surface area (Å²) in [5, 5.41) is 18.1. The third-order valence-corrected chi connectivity index (χ3v) is 2.45. The van der Waals surface area contributed by atoms with Crippen molar-refractivity contribution in [2.24, 2.45) is 0 Å². The van der Waals surface area contributed by atoms with Crippen LogP contribution < -0.4 is 0 Å². The van der Waals surface area contributed by atoms with Gasteiger partial charge in [0.25, 0.3) is 0 Å². The van der Waals surface area contributed by atoms with Crippen LogP contribution in [0.15, 0.2) is 24.3 Å². The van der Waals surface area contributed by atoms with Crippen LogP contribution >= 0.6 is 0 Å². The Labute approximate surface area is 91.2 Å². The van der Waals surface area contributed by atoms with Gasteiger partial charge in [-0.15, -0.1) is 0 Å². The molecule has 0 radical (unpaired) electrons. The predicted octanol–water partition coefficient (Wildman–Crippen LogP) is 2.93. The predicted molar refractivity (Wildman–Crippen MR) is 60.3 cm³/mol. The third kappa shape index (κ3) is 3.07. The van der Waals surface area contributed by atoms with E-state index < -0.39 is 6.10 Å². The van der Waals surface area contributed by atoms with Gasteiger partial charge >= 0.3 is 0 Å². The normalized spacial score (nSPS) is 13.3. The van der Waals surface area contributed by atoms with Crippen LogP contribution in [0.3, 0.4) is 0 Å². The molecular formula is C13H17NO. The van der Waals surface area contributed by atoms with Crippen molar-refractivity contribution < 1.29 is 5.11 Å². The molecule has 15 heavy (non-hydrogen) atoms. The highest BCUT2D eigenvalue weighted by Gasteiger charge is 2.14. The third-order valence-electron chi connectivity index (χ3n) is 2.45. The lowest BCUT2D eigenvalue weighted by molar-refractivity contribution is 0.183. The zero-order valence-corrected chi connectivity index (χ0v) is 9.49. The molecule has 1 aromatic rings. The van der Waals surface area contributed by atoms with Crippen LogP contribution in [0.4, 0.5) is 0 Å². The number of nitrogens with zero attached hydrogens (tertiary/aromatic N) is 1. The highest BCUT2D eigenvalue weighted by Crippen LogP contribution is 2.24. The number of hydrogen-bond donors (Lipinski definition) is 1. The Kier molecular flexibility index (Phi) is 3.49. The van der Waals surface area contributed by atoms with Gasteiger partial charge in [-0.25, -0.2) is 0 Å². The van der Waals surface area contributed by atoms with Gasteiger partial charge in [0.05, 0.1) is 18.6 Å². The van der Waals surface area contributed by atoms with Crippen LogP contribution in [0.5, 0.6) is 0 Å². The van der Waals surface area contributed by atoms with Crippen molar-refractivity contribution in [3.63, 3.8) is 0 Å². The van der Waals surface area contributed by atoms with E-state index in [-0.39, 0.29) is 11.8 Å². The molecule has 1 atom stereocenters. The van der Waals surface area contributed by atoms with Gasteiger partial charge in [0, 0.05) is 0 Å². The molecule has 0 saturated heterocycles. The van der Waals surface area contributed by atoms with Gasteiger partial charge in [0.15, 0.2) is 0 Å². The second-order valence-corrected chi connectivity index (χ2v) is 4.75. The maximum atomic E-state index is 9.59. The molecule has 0 fully saturated rings. The van der Waals surface area contributed by atoms with E-state index in [1.165, 1.54) is 5.56 Å². The van der Waals surface area contributed by atoms with Crippen LogP contribution in [-0.2, 0) is 5.41 Å². The maximum absolute atomic E-state index is 9.59. The molecule has 0 aliphatic heterocycles. The van der Waals surface area contributed by atoms with Crippen LogP contribution in [0, 0.1) is 11.3 Å². The van der Waals surface area contributed by atoms with Gasteiger partial charge in [-0.1, -0.05) is 45.0 Å². The van der Waals surface area contributed by atoms with Crippen LogP contribution in [-0.4, -0.2) is 5.11 Å². The SMILES string of the molecule is CC(C)(C)c1ccc(C(O)CC#N)cc1. The molecule has 0 saturated carbocycles. The first-order valence-electron chi connectivity index (χ1n) is 5.10. The molecule has 0 bridgehead atoms. The summed E-state index contributed by atoms with van der Waals surface area (Å²) in [5.41, 5.74) is 2.17. The van der Waals surface area contributed by atoms with Crippen molar-refractivity contribution in [1.29, 1.82) is 5.26 Å². The minimum atomic E-state index is -0.663. The lowest BCUT2D eigenvalue weighted by Crippen LogP contribution is -2.11. The van der Waals surface area contributed by atoms with Crippen molar-refractivity contribution in [3.05, 3.63) is 35.4 Å². The first-order chi connectivity index (χ1) is 6.95. The highest BCUT2D eigenvalue weighted by molar-refractivity contribution is 5.28. The van der Waals surface area contributed by atoms with Crippen LogP contribution in [0.25, 0.3) is 0 Å². The monoisotopic (exact) mass is 203 g/mol. The fraction of sp³-hybridized carbons (Fsp3) is 0.462. The average molecular weight is 203 g/mol. The summed E-state index contributed by atoms with van der Waals surface area (Å²) < 4.78 is 0. The molecule has 1 aromatic carbocycles. The van der Waals surface area contributed by atoms with Crippen molar-refractivity contribution >= 4 is 0 Å². The largest absolute Gasteiger partial charge is 0.387 e. The fourth-order valence-electron chi connectivity index (χ4n) is 1.41. The van der Waals surface area contributed by atoms with E-state index in [9.17, 15) is 5.11 Å². The number of rotatable bonds is 2. The molecule has 0 aliphatic carbocycles. The smallest absolute Gasteiger partial charge is 0.0919 e. The summed E-state index contributed by atoms with van der Waals surface area (Å²) in [4.78, 5) is 0. The fourth-order valence-corrected chi connectivity index (χ4v) is 1.41. The zero-order chi connectivity index (χ0) is 11.5. The Morgan fingerprint density at radius 2 is 1.80 bits per heavy atom. The number of nitriles is 1. The van der Waals surface area contributed by atoms with Gasteiger partial charge in [0.2, 0.25) is 0 Å². The lowest BCUT2D eigenvalue weighted by Gasteiger charge is -2.19. The molecule has 1 N–H and O–H groups in total. The first-order valence-corrected chi connectivity index (χ1v) is 5.10. The Morgan fingerprint density at radius 1 is 1.27 bits per heavy atom. The summed E-state index contributed by atoms with van der Waals surface area (Å²) in [7, 11) is 0. The number of hydrogen-bond acceptors (Lipinski definition) is 2. The van der Waals surface area contributed by atoms with Gasteiger partial charge < -0.3 is 5.11 Å². The molecule has 0 spiro atoms. The summed E-state index contributed by atoms with van der Waals surface area (Å²) >= 11 is 0. The summed E-state index contributed by atoms with van der Waals surface area (Å²) in [6.07, 6.45) is -0.515. The second-order valence-electron chi connectivity index (χ2n) is 4.75. The van der Waals surface area contributed by atoms with Gasteiger partial charge in [-0.2, -0.15) is 5.26 Å². The van der Waals surface area contributed by atoms with Gasteiger partial charge in [-0.3, -0.25) is 0 Å². The molecule has 2 nitrogen and oxygen atoms in total. The number of aliphatic hydroxyl groups is 1. The molecule has 80 valence electrons. The summed E-state index contributed by atoms with van der Waals surface area (Å²) in [5.74, 6) is 0. The average Bonchev–Trinajstić information content (AvgIpc) is 2.17. The standard InChI is InChI=1S/C13H17NO/c1-13(2,3)11-6-4-10(5-7-11)12(15)8-9-14/h4-7,12,15H,8H2,1-3H3. The number of benzene rings is 1. The van der Waals surface area contributed by atoms with Crippen molar-refractivity contribution in [2.45, 2.75) is 38.7 Å². The Morgan fingerprint density at radius 3 is 2.20 bits per heavy atom. The Hall–Kier alpha value is -1.33. The van der Waals surface area contributed by atoms with Crippen molar-refractivity contribution in [1.82, 2.24) is 0 Å². The van der Waals surface area contributed by atoms with E-state index >= 15 is 0 Å². The molecule has 1 rings (SSSR count). The van der Waals surface area contributed by atoms with E-state index in [2.05, 4.69) is 20.8 Å². The maximum Gasteiger partial charge on any atom is 0.0919 e. The quantitative estimate of drug-likeness (QED) is 0.803. The zero-order valence-electron chi connectivity index (χ0n) is 9.49. The summed E-state index contributed by atoms with van der Waals surface area (Å²) in [6.45, 7) is 6.44. The molecular weight excluding hydrogens is 186 g/mol. The van der Waals surface area contributed by atoms with Crippen LogP contribution in [0.2, 0.25) is 0 Å². The molecule has 1 unspecified atom stereocenters. The summed E-state index contributed by atoms with van der Waals surface area (Å²) in [6, 6.07) is 9.76. The van der Waals surface area contributed by atoms with Crippen LogP contribution in [0.1, 0.15) is 44.4 Å². The molecule has 0 amide bonds. The molecule has 0 aromatic heterocycles.